The lowest BCUT2D eigenvalue weighted by Crippen LogP contribution is -2.08. The fraction of sp³-hybridized carbons (Fsp3) is 0. The van der Waals surface area contributed by atoms with Gasteiger partial charge in [0.1, 0.15) is 0 Å². The molecule has 0 bridgehead atoms. The van der Waals surface area contributed by atoms with Gasteiger partial charge in [-0.3, -0.25) is 15.5 Å². The highest BCUT2D eigenvalue weighted by Gasteiger charge is 2.03. The first-order chi connectivity index (χ1) is 8.66. The Morgan fingerprint density at radius 3 is 2.28 bits per heavy atom. The molecule has 0 amide bonds. The van der Waals surface area contributed by atoms with Gasteiger partial charge in [-0.15, -0.1) is 0 Å². The number of nitrogens with one attached hydrogen (secondary N) is 2. The Kier molecular flexibility index (Phi) is 3.64. The molecule has 2 N–H and O–H groups in total. The Labute approximate surface area is 109 Å². The summed E-state index contributed by atoms with van der Waals surface area (Å²) in [6, 6.07) is 13.4. The van der Waals surface area contributed by atoms with Gasteiger partial charge in [-0.2, -0.15) is 0 Å². The number of nitro groups is 1. The number of nitro benzene ring substituents is 1. The van der Waals surface area contributed by atoms with Crippen LogP contribution in [0.25, 0.3) is 0 Å². The molecule has 18 heavy (non-hydrogen) atoms. The Morgan fingerprint density at radius 2 is 1.67 bits per heavy atom. The second kappa shape index (κ2) is 5.37. The molecule has 92 valence electrons. The van der Waals surface area contributed by atoms with Crippen LogP contribution >= 0.6 is 11.6 Å². The van der Waals surface area contributed by atoms with Gasteiger partial charge in [0.25, 0.3) is 5.69 Å². The number of anilines is 2. The van der Waals surface area contributed by atoms with Crippen LogP contribution < -0.4 is 10.9 Å². The van der Waals surface area contributed by atoms with E-state index in [1.807, 2.05) is 18.2 Å². The largest absolute Gasteiger partial charge is 0.301 e. The highest BCUT2D eigenvalue weighted by molar-refractivity contribution is 6.33. The fourth-order valence-electron chi connectivity index (χ4n) is 1.37. The molecule has 0 spiro atoms. The lowest BCUT2D eigenvalue weighted by atomic mass is 10.3. The molecular weight excluding hydrogens is 254 g/mol. The van der Waals surface area contributed by atoms with E-state index in [-0.39, 0.29) is 5.69 Å². The van der Waals surface area contributed by atoms with Gasteiger partial charge in [-0.1, -0.05) is 23.7 Å². The lowest BCUT2D eigenvalue weighted by Gasteiger charge is -2.10. The second-order valence-electron chi connectivity index (χ2n) is 3.53. The Hall–Kier alpha value is -2.27. The van der Waals surface area contributed by atoms with E-state index in [9.17, 15) is 10.1 Å². The highest BCUT2D eigenvalue weighted by Crippen LogP contribution is 2.21. The first-order valence-electron chi connectivity index (χ1n) is 5.18. The van der Waals surface area contributed by atoms with Crippen molar-refractivity contribution < 1.29 is 4.92 Å². The van der Waals surface area contributed by atoms with E-state index < -0.39 is 4.92 Å². The van der Waals surface area contributed by atoms with Crippen molar-refractivity contribution in [1.29, 1.82) is 0 Å². The molecule has 2 aromatic rings. The Balaban J connectivity index is 2.02. The zero-order chi connectivity index (χ0) is 13.0. The number of halogens is 1. The first-order valence-corrected chi connectivity index (χ1v) is 5.55. The van der Waals surface area contributed by atoms with Gasteiger partial charge >= 0.3 is 0 Å². The molecule has 0 saturated carbocycles. The van der Waals surface area contributed by atoms with Gasteiger partial charge in [0.2, 0.25) is 0 Å². The third-order valence-corrected chi connectivity index (χ3v) is 2.62. The molecule has 6 heteroatoms. The minimum Gasteiger partial charge on any atom is -0.301 e. The summed E-state index contributed by atoms with van der Waals surface area (Å²) in [4.78, 5) is 10.0. The van der Waals surface area contributed by atoms with Gasteiger partial charge in [-0.05, 0) is 24.3 Å². The van der Waals surface area contributed by atoms with Crippen LogP contribution in [0.1, 0.15) is 0 Å². The molecule has 5 nitrogen and oxygen atoms in total. The number of benzene rings is 2. The fourth-order valence-corrected chi connectivity index (χ4v) is 1.55. The molecular formula is C12H10ClN3O2. The monoisotopic (exact) mass is 263 g/mol. The maximum Gasteiger partial charge on any atom is 0.269 e. The van der Waals surface area contributed by atoms with E-state index >= 15 is 0 Å². The maximum absolute atomic E-state index is 10.5. The quantitative estimate of drug-likeness (QED) is 0.652. The van der Waals surface area contributed by atoms with E-state index in [1.165, 1.54) is 12.1 Å². The minimum absolute atomic E-state index is 0.0540. The smallest absolute Gasteiger partial charge is 0.269 e. The Morgan fingerprint density at radius 1 is 1.00 bits per heavy atom. The van der Waals surface area contributed by atoms with Gasteiger partial charge < -0.3 is 5.43 Å². The van der Waals surface area contributed by atoms with Crippen molar-refractivity contribution in [2.45, 2.75) is 0 Å². The molecule has 2 rings (SSSR count). The van der Waals surface area contributed by atoms with Crippen LogP contribution in [0.5, 0.6) is 0 Å². The molecule has 0 aliphatic carbocycles. The number of nitrogens with zero attached hydrogens (tertiary/aromatic N) is 1. The molecule has 2 aromatic carbocycles. The normalized spacial score (nSPS) is 9.83. The summed E-state index contributed by atoms with van der Waals surface area (Å²) in [7, 11) is 0. The lowest BCUT2D eigenvalue weighted by molar-refractivity contribution is -0.384. The molecule has 0 aromatic heterocycles. The van der Waals surface area contributed by atoms with Crippen molar-refractivity contribution in [2.24, 2.45) is 0 Å². The van der Waals surface area contributed by atoms with E-state index in [2.05, 4.69) is 10.9 Å². The van der Waals surface area contributed by atoms with Crippen molar-refractivity contribution in [3.63, 3.8) is 0 Å². The van der Waals surface area contributed by atoms with Crippen molar-refractivity contribution in [2.75, 3.05) is 10.9 Å². The molecule has 0 fully saturated rings. The summed E-state index contributed by atoms with van der Waals surface area (Å²) in [5.74, 6) is 0. The van der Waals surface area contributed by atoms with Crippen LogP contribution in [0, 0.1) is 10.1 Å². The Bertz CT molecular complexity index is 558. The van der Waals surface area contributed by atoms with E-state index in [4.69, 9.17) is 11.6 Å². The van der Waals surface area contributed by atoms with Crippen molar-refractivity contribution in [1.82, 2.24) is 0 Å². The minimum atomic E-state index is -0.439. The zero-order valence-corrected chi connectivity index (χ0v) is 10.0. The summed E-state index contributed by atoms with van der Waals surface area (Å²) < 4.78 is 0. The summed E-state index contributed by atoms with van der Waals surface area (Å²) in [6.45, 7) is 0. The van der Waals surface area contributed by atoms with Crippen molar-refractivity contribution in [3.8, 4) is 0 Å². The molecule has 0 unspecified atom stereocenters. The van der Waals surface area contributed by atoms with Crippen molar-refractivity contribution in [3.05, 3.63) is 63.7 Å². The third-order valence-electron chi connectivity index (χ3n) is 2.29. The van der Waals surface area contributed by atoms with E-state index in [0.717, 1.165) is 5.69 Å². The number of hydrazine groups is 1. The van der Waals surface area contributed by atoms with Crippen LogP contribution in [0.15, 0.2) is 48.5 Å². The van der Waals surface area contributed by atoms with Crippen LogP contribution in [0.3, 0.4) is 0 Å². The zero-order valence-electron chi connectivity index (χ0n) is 9.26. The van der Waals surface area contributed by atoms with Crippen LogP contribution in [0.4, 0.5) is 17.1 Å². The predicted molar refractivity (Wildman–Crippen MR) is 71.8 cm³/mol. The third kappa shape index (κ3) is 2.89. The van der Waals surface area contributed by atoms with Gasteiger partial charge in [0.15, 0.2) is 0 Å². The number of rotatable bonds is 4. The van der Waals surface area contributed by atoms with E-state index in [0.29, 0.717) is 10.7 Å². The van der Waals surface area contributed by atoms with Gasteiger partial charge in [0.05, 0.1) is 21.3 Å². The topological polar surface area (TPSA) is 67.2 Å². The van der Waals surface area contributed by atoms with Crippen LogP contribution in [0.2, 0.25) is 5.02 Å². The van der Waals surface area contributed by atoms with Crippen molar-refractivity contribution >= 4 is 28.7 Å². The number of hydrogen-bond donors (Lipinski definition) is 2. The number of hydrogen-bond acceptors (Lipinski definition) is 4. The number of non-ortho nitro benzene ring substituents is 1. The molecule has 0 aliphatic rings. The highest BCUT2D eigenvalue weighted by atomic mass is 35.5. The van der Waals surface area contributed by atoms with Crippen LogP contribution in [-0.2, 0) is 0 Å². The standard InChI is InChI=1S/C12H10ClN3O2/c13-11-3-1-2-4-12(11)15-14-9-5-7-10(8-6-9)16(17)18/h1-8,14-15H. The first kappa shape index (κ1) is 12.2. The molecule has 0 atom stereocenters. The average Bonchev–Trinajstić information content (AvgIpc) is 2.38. The maximum atomic E-state index is 10.5. The predicted octanol–water partition coefficient (Wildman–Crippen LogP) is 3.69. The number of para-hydroxylation sites is 1. The summed E-state index contributed by atoms with van der Waals surface area (Å²) in [5.41, 5.74) is 7.33. The van der Waals surface area contributed by atoms with Gasteiger partial charge in [0, 0.05) is 12.1 Å². The second-order valence-corrected chi connectivity index (χ2v) is 3.94. The van der Waals surface area contributed by atoms with Gasteiger partial charge in [-0.25, -0.2) is 0 Å². The molecule has 0 radical (unpaired) electrons. The molecule has 0 saturated heterocycles. The summed E-state index contributed by atoms with van der Waals surface area (Å²) in [5, 5.41) is 11.1. The molecule has 0 heterocycles. The van der Waals surface area contributed by atoms with Crippen LogP contribution in [-0.4, -0.2) is 4.92 Å². The van der Waals surface area contributed by atoms with E-state index in [1.54, 1.807) is 18.2 Å². The summed E-state index contributed by atoms with van der Waals surface area (Å²) >= 11 is 5.97. The average molecular weight is 264 g/mol. The molecule has 0 aliphatic heterocycles. The SMILES string of the molecule is O=[N+]([O-])c1ccc(NNc2ccccc2Cl)cc1. The summed E-state index contributed by atoms with van der Waals surface area (Å²) in [6.07, 6.45) is 0.